The normalized spacial score (nSPS) is 15.5. The lowest BCUT2D eigenvalue weighted by molar-refractivity contribution is 0.0908. The highest BCUT2D eigenvalue weighted by molar-refractivity contribution is 5.97. The molecule has 0 unspecified atom stereocenters. The highest BCUT2D eigenvalue weighted by atomic mass is 16.5. The Labute approximate surface area is 170 Å². The van der Waals surface area contributed by atoms with Gasteiger partial charge in [0.2, 0.25) is 0 Å². The minimum absolute atomic E-state index is 0.0154. The van der Waals surface area contributed by atoms with Gasteiger partial charge in [0.15, 0.2) is 5.78 Å². The summed E-state index contributed by atoms with van der Waals surface area (Å²) >= 11 is 0. The second-order valence-corrected chi connectivity index (χ2v) is 7.63. The van der Waals surface area contributed by atoms with Crippen molar-refractivity contribution < 1.29 is 14.6 Å². The lowest BCUT2D eigenvalue weighted by atomic mass is 9.91. The Morgan fingerprint density at radius 1 is 1.21 bits per heavy atom. The van der Waals surface area contributed by atoms with Gasteiger partial charge in [0.1, 0.15) is 11.5 Å². The summed E-state index contributed by atoms with van der Waals surface area (Å²) in [6.07, 6.45) is 6.71. The molecule has 0 amide bonds. The van der Waals surface area contributed by atoms with Crippen LogP contribution in [0.25, 0.3) is 10.8 Å². The van der Waals surface area contributed by atoms with Gasteiger partial charge < -0.3 is 9.84 Å². The average molecular weight is 391 g/mol. The van der Waals surface area contributed by atoms with Crippen LogP contribution in [0.15, 0.2) is 42.9 Å². The zero-order valence-corrected chi connectivity index (χ0v) is 16.8. The molecule has 150 valence electrons. The van der Waals surface area contributed by atoms with Crippen molar-refractivity contribution in [2.24, 2.45) is 0 Å². The smallest absolute Gasteiger partial charge is 0.178 e. The molecule has 3 heterocycles. The molecule has 0 atom stereocenters. The quantitative estimate of drug-likeness (QED) is 0.668. The predicted molar refractivity (Wildman–Crippen MR) is 112 cm³/mol. The highest BCUT2D eigenvalue weighted by Crippen LogP contribution is 2.32. The number of aryl methyl sites for hydroxylation is 1. The van der Waals surface area contributed by atoms with Gasteiger partial charge in [-0.3, -0.25) is 19.7 Å². The Morgan fingerprint density at radius 3 is 2.72 bits per heavy atom. The van der Waals surface area contributed by atoms with Gasteiger partial charge in [0.05, 0.1) is 19.9 Å². The molecule has 1 aliphatic heterocycles. The summed E-state index contributed by atoms with van der Waals surface area (Å²) in [6, 6.07) is 7.69. The third kappa shape index (κ3) is 4.07. The minimum atomic E-state index is -0.0154. The second-order valence-electron chi connectivity index (χ2n) is 7.63. The van der Waals surface area contributed by atoms with Crippen LogP contribution in [0.1, 0.15) is 40.4 Å². The number of rotatable bonds is 5. The third-order valence-corrected chi connectivity index (χ3v) is 5.78. The molecule has 0 radical (unpaired) electrons. The van der Waals surface area contributed by atoms with Crippen LogP contribution in [0.4, 0.5) is 0 Å². The van der Waals surface area contributed by atoms with Crippen molar-refractivity contribution in [3.63, 3.8) is 0 Å². The molecule has 1 aromatic carbocycles. The van der Waals surface area contributed by atoms with Crippen LogP contribution in [0.5, 0.6) is 11.5 Å². The predicted octanol–water partition coefficient (Wildman–Crippen LogP) is 3.71. The number of carbonyl (C=O) groups is 1. The van der Waals surface area contributed by atoms with Crippen molar-refractivity contribution in [3.8, 4) is 11.5 Å². The van der Waals surface area contributed by atoms with Crippen LogP contribution < -0.4 is 4.74 Å². The number of aromatic hydroxyl groups is 1. The van der Waals surface area contributed by atoms with Crippen LogP contribution in [-0.2, 0) is 0 Å². The number of hydrogen-bond donors (Lipinski definition) is 1. The van der Waals surface area contributed by atoms with E-state index in [-0.39, 0.29) is 11.5 Å². The summed E-state index contributed by atoms with van der Waals surface area (Å²) in [5.74, 6) is 1.28. The Bertz CT molecular complexity index is 1040. The number of nitrogens with zero attached hydrogens (tertiary/aromatic N) is 3. The molecule has 3 aromatic rings. The van der Waals surface area contributed by atoms with E-state index in [1.54, 1.807) is 7.11 Å². The largest absolute Gasteiger partial charge is 0.506 e. The Morgan fingerprint density at radius 2 is 2.00 bits per heavy atom. The first-order valence-electron chi connectivity index (χ1n) is 9.88. The van der Waals surface area contributed by atoms with Crippen LogP contribution in [0.2, 0.25) is 0 Å². The number of methoxy groups -OCH3 is 1. The third-order valence-electron chi connectivity index (χ3n) is 5.78. The van der Waals surface area contributed by atoms with Crippen molar-refractivity contribution in [3.05, 3.63) is 59.7 Å². The summed E-state index contributed by atoms with van der Waals surface area (Å²) in [4.78, 5) is 23.2. The van der Waals surface area contributed by atoms with Crippen LogP contribution in [-0.4, -0.2) is 52.5 Å². The van der Waals surface area contributed by atoms with Crippen molar-refractivity contribution in [1.82, 2.24) is 14.9 Å². The van der Waals surface area contributed by atoms with Crippen LogP contribution in [0, 0.1) is 6.92 Å². The van der Waals surface area contributed by atoms with Gasteiger partial charge >= 0.3 is 0 Å². The number of piperidine rings is 1. The second kappa shape index (κ2) is 8.17. The standard InChI is InChI=1S/C23H25N3O3/c1-15-20-10-21(25-12-17(20)3-4-23(15)29-2)16-5-7-26(8-6-16)14-22(28)18-9-19(27)13-24-11-18/h3-4,9-13,16,27H,5-8,14H2,1-2H3. The summed E-state index contributed by atoms with van der Waals surface area (Å²) in [7, 11) is 1.69. The van der Waals surface area contributed by atoms with Gasteiger partial charge in [0.25, 0.3) is 0 Å². The molecular weight excluding hydrogens is 366 g/mol. The maximum atomic E-state index is 12.4. The number of aromatic nitrogens is 2. The molecule has 0 bridgehead atoms. The molecular formula is C23H25N3O3. The minimum Gasteiger partial charge on any atom is -0.506 e. The van der Waals surface area contributed by atoms with E-state index in [1.807, 2.05) is 18.3 Å². The summed E-state index contributed by atoms with van der Waals surface area (Å²) in [6.45, 7) is 4.12. The summed E-state index contributed by atoms with van der Waals surface area (Å²) in [5, 5.41) is 11.8. The molecule has 1 N–H and O–H groups in total. The maximum Gasteiger partial charge on any atom is 0.178 e. The Kier molecular flexibility index (Phi) is 5.45. The van der Waals surface area contributed by atoms with E-state index in [9.17, 15) is 9.90 Å². The number of ether oxygens (including phenoxy) is 1. The number of hydrogen-bond acceptors (Lipinski definition) is 6. The number of likely N-dealkylation sites (tertiary alicyclic amines) is 1. The van der Waals surface area contributed by atoms with Crippen molar-refractivity contribution in [2.45, 2.75) is 25.7 Å². The van der Waals surface area contributed by atoms with Crippen LogP contribution >= 0.6 is 0 Å². The van der Waals surface area contributed by atoms with Gasteiger partial charge in [-0.15, -0.1) is 0 Å². The molecule has 1 aliphatic rings. The fourth-order valence-corrected chi connectivity index (χ4v) is 4.07. The Hall–Kier alpha value is -2.99. The maximum absolute atomic E-state index is 12.4. The van der Waals surface area contributed by atoms with E-state index in [0.717, 1.165) is 48.3 Å². The molecule has 2 aromatic heterocycles. The number of carbonyl (C=O) groups excluding carboxylic acids is 1. The SMILES string of the molecule is COc1ccc2cnc(C3CCN(CC(=O)c4cncc(O)c4)CC3)cc2c1C. The number of ketones is 1. The fraction of sp³-hybridized carbons (Fsp3) is 0.348. The zero-order valence-electron chi connectivity index (χ0n) is 16.8. The molecule has 0 saturated carbocycles. The fourth-order valence-electron chi connectivity index (χ4n) is 4.07. The zero-order chi connectivity index (χ0) is 20.4. The van der Waals surface area contributed by atoms with E-state index in [4.69, 9.17) is 9.72 Å². The summed E-state index contributed by atoms with van der Waals surface area (Å²) in [5.41, 5.74) is 2.70. The first kappa shape index (κ1) is 19.3. The highest BCUT2D eigenvalue weighted by Gasteiger charge is 2.24. The molecule has 29 heavy (non-hydrogen) atoms. The lowest BCUT2D eigenvalue weighted by Gasteiger charge is -2.31. The van der Waals surface area contributed by atoms with E-state index in [0.29, 0.717) is 18.0 Å². The number of benzene rings is 1. The lowest BCUT2D eigenvalue weighted by Crippen LogP contribution is -2.37. The monoisotopic (exact) mass is 391 g/mol. The first-order chi connectivity index (χ1) is 14.0. The molecule has 0 aliphatic carbocycles. The number of Topliss-reactive ketones (excluding diaryl/α,β-unsaturated/α-hetero) is 1. The van der Waals surface area contributed by atoms with Gasteiger partial charge in [-0.2, -0.15) is 0 Å². The topological polar surface area (TPSA) is 75.5 Å². The molecule has 6 nitrogen and oxygen atoms in total. The van der Waals surface area contributed by atoms with Crippen molar-refractivity contribution >= 4 is 16.6 Å². The number of fused-ring (bicyclic) bond motifs is 1. The Balaban J connectivity index is 1.43. The molecule has 4 rings (SSSR count). The number of pyridine rings is 2. The molecule has 1 saturated heterocycles. The summed E-state index contributed by atoms with van der Waals surface area (Å²) < 4.78 is 5.45. The molecule has 6 heteroatoms. The van der Waals surface area contributed by atoms with Gasteiger partial charge in [-0.1, -0.05) is 0 Å². The van der Waals surface area contributed by atoms with Crippen LogP contribution in [0.3, 0.4) is 0 Å². The van der Waals surface area contributed by atoms with E-state index < -0.39 is 0 Å². The van der Waals surface area contributed by atoms with Gasteiger partial charge in [-0.25, -0.2) is 0 Å². The van der Waals surface area contributed by atoms with E-state index in [1.165, 1.54) is 23.8 Å². The molecule has 0 spiro atoms. The van der Waals surface area contributed by atoms with Gasteiger partial charge in [-0.05, 0) is 68.1 Å². The van der Waals surface area contributed by atoms with Crippen molar-refractivity contribution in [1.29, 1.82) is 0 Å². The average Bonchev–Trinajstić information content (AvgIpc) is 2.74. The van der Waals surface area contributed by atoms with E-state index >= 15 is 0 Å². The van der Waals surface area contributed by atoms with Gasteiger partial charge in [0, 0.05) is 35.0 Å². The van der Waals surface area contributed by atoms with E-state index in [2.05, 4.69) is 22.9 Å². The molecule has 1 fully saturated rings. The first-order valence-corrected chi connectivity index (χ1v) is 9.88. The van der Waals surface area contributed by atoms with Crippen molar-refractivity contribution in [2.75, 3.05) is 26.7 Å².